The molecule has 0 bridgehead atoms. The molecule has 0 aliphatic carbocycles. The zero-order valence-electron chi connectivity index (χ0n) is 10.9. The Bertz CT molecular complexity index is 397. The van der Waals surface area contributed by atoms with Crippen LogP contribution in [0.25, 0.3) is 0 Å². The lowest BCUT2D eigenvalue weighted by Crippen LogP contribution is -2.15. The Morgan fingerprint density at radius 3 is 3.00 bits per heavy atom. The van der Waals surface area contributed by atoms with Gasteiger partial charge < -0.3 is 14.8 Å². The molecule has 98 valence electrons. The van der Waals surface area contributed by atoms with Crippen LogP contribution < -0.4 is 14.8 Å². The highest BCUT2D eigenvalue weighted by Crippen LogP contribution is 2.29. The first-order chi connectivity index (χ1) is 8.83. The normalized spacial score (nSPS) is 18.6. The fourth-order valence-electron chi connectivity index (χ4n) is 2.19. The predicted octanol–water partition coefficient (Wildman–Crippen LogP) is 2.41. The molecule has 1 N–H and O–H groups in total. The van der Waals surface area contributed by atoms with Crippen LogP contribution in [0.1, 0.15) is 12.0 Å². The average Bonchev–Trinajstić information content (AvgIpc) is 2.90. The van der Waals surface area contributed by atoms with E-state index in [1.54, 1.807) is 7.11 Å². The minimum atomic E-state index is 0.613. The van der Waals surface area contributed by atoms with Crippen molar-refractivity contribution in [2.75, 3.05) is 26.8 Å². The van der Waals surface area contributed by atoms with E-state index in [1.165, 1.54) is 12.0 Å². The molecule has 2 rings (SSSR count). The molecule has 3 heteroatoms. The zero-order chi connectivity index (χ0) is 12.8. The standard InChI is InChI=1S/C15H21NO2/c1-3-4-12-5-6-14(15(9-12)17-2)18-11-13-7-8-16-10-13/h3,5-6,9,13,16H,1,4,7-8,10-11H2,2H3/t13-/m1/s1. The van der Waals surface area contributed by atoms with Crippen LogP contribution in [0.2, 0.25) is 0 Å². The molecule has 0 spiro atoms. The molecule has 0 aromatic heterocycles. The van der Waals surface area contributed by atoms with Crippen molar-refractivity contribution in [2.45, 2.75) is 12.8 Å². The van der Waals surface area contributed by atoms with Gasteiger partial charge in [-0.2, -0.15) is 0 Å². The second-order valence-corrected chi connectivity index (χ2v) is 4.65. The van der Waals surface area contributed by atoms with Gasteiger partial charge in [0.25, 0.3) is 0 Å². The summed E-state index contributed by atoms with van der Waals surface area (Å²) < 4.78 is 11.2. The average molecular weight is 247 g/mol. The first kappa shape index (κ1) is 13.0. The molecule has 1 aliphatic heterocycles. The molecule has 0 saturated carbocycles. The van der Waals surface area contributed by atoms with Crippen LogP contribution in [-0.4, -0.2) is 26.8 Å². The van der Waals surface area contributed by atoms with Crippen LogP contribution in [-0.2, 0) is 6.42 Å². The largest absolute Gasteiger partial charge is 0.493 e. The van der Waals surface area contributed by atoms with Crippen molar-refractivity contribution in [3.8, 4) is 11.5 Å². The molecule has 1 aromatic rings. The van der Waals surface area contributed by atoms with Crippen LogP contribution in [0, 0.1) is 5.92 Å². The summed E-state index contributed by atoms with van der Waals surface area (Å²) in [7, 11) is 1.68. The molecule has 0 radical (unpaired) electrons. The summed E-state index contributed by atoms with van der Waals surface area (Å²) in [6, 6.07) is 6.07. The van der Waals surface area contributed by atoms with E-state index in [0.29, 0.717) is 5.92 Å². The van der Waals surface area contributed by atoms with Crippen molar-refractivity contribution in [3.05, 3.63) is 36.4 Å². The van der Waals surface area contributed by atoms with Gasteiger partial charge in [-0.05, 0) is 37.1 Å². The van der Waals surface area contributed by atoms with Crippen molar-refractivity contribution in [1.82, 2.24) is 5.32 Å². The number of rotatable bonds is 6. The first-order valence-electron chi connectivity index (χ1n) is 6.45. The lowest BCUT2D eigenvalue weighted by Gasteiger charge is -2.14. The monoisotopic (exact) mass is 247 g/mol. The Kier molecular flexibility index (Phi) is 4.65. The number of benzene rings is 1. The van der Waals surface area contributed by atoms with E-state index in [1.807, 2.05) is 18.2 Å². The SMILES string of the molecule is C=CCc1ccc(OC[C@@H]2CCNC2)c(OC)c1. The van der Waals surface area contributed by atoms with Crippen LogP contribution in [0.4, 0.5) is 0 Å². The van der Waals surface area contributed by atoms with Crippen molar-refractivity contribution in [2.24, 2.45) is 5.92 Å². The van der Waals surface area contributed by atoms with Crippen molar-refractivity contribution in [1.29, 1.82) is 0 Å². The molecule has 18 heavy (non-hydrogen) atoms. The first-order valence-corrected chi connectivity index (χ1v) is 6.45. The van der Waals surface area contributed by atoms with Crippen molar-refractivity contribution >= 4 is 0 Å². The minimum absolute atomic E-state index is 0.613. The second-order valence-electron chi connectivity index (χ2n) is 4.65. The molecule has 1 aliphatic rings. The molecule has 1 heterocycles. The van der Waals surface area contributed by atoms with Gasteiger partial charge in [-0.3, -0.25) is 0 Å². The van der Waals surface area contributed by atoms with E-state index in [9.17, 15) is 0 Å². The van der Waals surface area contributed by atoms with Gasteiger partial charge >= 0.3 is 0 Å². The summed E-state index contributed by atoms with van der Waals surface area (Å²) in [5.74, 6) is 2.25. The summed E-state index contributed by atoms with van der Waals surface area (Å²) in [5, 5.41) is 3.34. The zero-order valence-corrected chi connectivity index (χ0v) is 10.9. The molecule has 1 aromatic carbocycles. The Labute approximate surface area is 109 Å². The van der Waals surface area contributed by atoms with Crippen molar-refractivity contribution in [3.63, 3.8) is 0 Å². The second kappa shape index (κ2) is 6.45. The Hall–Kier alpha value is -1.48. The highest BCUT2D eigenvalue weighted by atomic mass is 16.5. The summed E-state index contributed by atoms with van der Waals surface area (Å²) >= 11 is 0. The number of ether oxygens (including phenoxy) is 2. The van der Waals surface area contributed by atoms with E-state index in [-0.39, 0.29) is 0 Å². The smallest absolute Gasteiger partial charge is 0.161 e. The van der Waals surface area contributed by atoms with Crippen LogP contribution in [0.15, 0.2) is 30.9 Å². The van der Waals surface area contributed by atoms with E-state index < -0.39 is 0 Å². The quantitative estimate of drug-likeness (QED) is 0.783. The van der Waals surface area contributed by atoms with Gasteiger partial charge in [0.1, 0.15) is 0 Å². The number of hydrogen-bond acceptors (Lipinski definition) is 3. The fourth-order valence-corrected chi connectivity index (χ4v) is 2.19. The summed E-state index contributed by atoms with van der Waals surface area (Å²) in [5.41, 5.74) is 1.19. The lowest BCUT2D eigenvalue weighted by atomic mass is 10.1. The molecule has 1 atom stereocenters. The Balaban J connectivity index is 1.99. The van der Waals surface area contributed by atoms with Gasteiger partial charge in [0.15, 0.2) is 11.5 Å². The predicted molar refractivity (Wildman–Crippen MR) is 73.4 cm³/mol. The highest BCUT2D eigenvalue weighted by molar-refractivity contribution is 5.43. The number of hydrogen-bond donors (Lipinski definition) is 1. The Morgan fingerprint density at radius 2 is 2.33 bits per heavy atom. The third-order valence-corrected chi connectivity index (χ3v) is 3.24. The fraction of sp³-hybridized carbons (Fsp3) is 0.467. The molecular weight excluding hydrogens is 226 g/mol. The molecular formula is C15H21NO2. The minimum Gasteiger partial charge on any atom is -0.493 e. The van der Waals surface area contributed by atoms with Gasteiger partial charge in [-0.25, -0.2) is 0 Å². The summed E-state index contributed by atoms with van der Waals surface area (Å²) in [4.78, 5) is 0. The molecule has 0 unspecified atom stereocenters. The molecule has 0 amide bonds. The third kappa shape index (κ3) is 3.26. The maximum absolute atomic E-state index is 5.85. The van der Waals surface area contributed by atoms with Gasteiger partial charge in [-0.15, -0.1) is 6.58 Å². The maximum atomic E-state index is 5.85. The molecule has 1 saturated heterocycles. The topological polar surface area (TPSA) is 30.5 Å². The van der Waals surface area contributed by atoms with Crippen LogP contribution in [0.5, 0.6) is 11.5 Å². The maximum Gasteiger partial charge on any atom is 0.161 e. The van der Waals surface area contributed by atoms with Crippen molar-refractivity contribution < 1.29 is 9.47 Å². The van der Waals surface area contributed by atoms with Gasteiger partial charge in [0.05, 0.1) is 13.7 Å². The summed E-state index contributed by atoms with van der Waals surface area (Å²) in [6.45, 7) is 6.65. The number of methoxy groups -OCH3 is 1. The number of allylic oxidation sites excluding steroid dienone is 1. The molecule has 3 nitrogen and oxygen atoms in total. The Morgan fingerprint density at radius 1 is 1.44 bits per heavy atom. The third-order valence-electron chi connectivity index (χ3n) is 3.24. The van der Waals surface area contributed by atoms with Crippen LogP contribution >= 0.6 is 0 Å². The van der Waals surface area contributed by atoms with Crippen LogP contribution in [0.3, 0.4) is 0 Å². The number of nitrogens with one attached hydrogen (secondary N) is 1. The van der Waals surface area contributed by atoms with E-state index in [0.717, 1.165) is 37.6 Å². The lowest BCUT2D eigenvalue weighted by molar-refractivity contribution is 0.247. The summed E-state index contributed by atoms with van der Waals surface area (Å²) in [6.07, 6.45) is 3.93. The van der Waals surface area contributed by atoms with Gasteiger partial charge in [-0.1, -0.05) is 12.1 Å². The van der Waals surface area contributed by atoms with E-state index in [2.05, 4.69) is 18.0 Å². The van der Waals surface area contributed by atoms with Gasteiger partial charge in [0, 0.05) is 12.5 Å². The van der Waals surface area contributed by atoms with Gasteiger partial charge in [0.2, 0.25) is 0 Å². The van der Waals surface area contributed by atoms with E-state index in [4.69, 9.17) is 9.47 Å². The van der Waals surface area contributed by atoms with E-state index >= 15 is 0 Å². The highest BCUT2D eigenvalue weighted by Gasteiger charge is 2.16. The molecule has 1 fully saturated rings.